The lowest BCUT2D eigenvalue weighted by atomic mass is 9.85. The zero-order valence-electron chi connectivity index (χ0n) is 21.4. The number of aliphatic hydroxyl groups is 2. The highest BCUT2D eigenvalue weighted by molar-refractivity contribution is 5.79. The van der Waals surface area contributed by atoms with Gasteiger partial charge in [0.25, 0.3) is 0 Å². The molecule has 0 radical (unpaired) electrons. The van der Waals surface area contributed by atoms with Crippen LogP contribution in [0.3, 0.4) is 0 Å². The van der Waals surface area contributed by atoms with Crippen LogP contribution in [-0.4, -0.2) is 60.9 Å². The summed E-state index contributed by atoms with van der Waals surface area (Å²) in [7, 11) is 0. The van der Waals surface area contributed by atoms with Crippen molar-refractivity contribution in [2.45, 2.75) is 76.0 Å². The molecule has 204 valence electrons. The summed E-state index contributed by atoms with van der Waals surface area (Å²) in [6, 6.07) is 6.85. The predicted molar refractivity (Wildman–Crippen MR) is 143 cm³/mol. The number of nitrogens with one attached hydrogen (secondary N) is 3. The van der Waals surface area contributed by atoms with Gasteiger partial charge in [-0.1, -0.05) is 31.4 Å². The van der Waals surface area contributed by atoms with Crippen LogP contribution in [-0.2, 0) is 4.79 Å². The van der Waals surface area contributed by atoms with E-state index >= 15 is 0 Å². The van der Waals surface area contributed by atoms with Crippen molar-refractivity contribution in [1.82, 2.24) is 24.8 Å². The van der Waals surface area contributed by atoms with Gasteiger partial charge >= 0.3 is 0 Å². The third-order valence-corrected chi connectivity index (χ3v) is 7.65. The molecule has 5 N–H and O–H groups in total. The standard InChI is InChI=1S/C27H36FN7O3/c28-21-8-4-5-9-22(21)32-27-33-23-15-30-26(31-18-6-2-1-3-7-18)34-24(23)35(27)19-12-10-17(11-13-19)25(38)29-14-20(37)16-36/h4-5,8-9,15,17-20,36-37H,1-3,6-7,10-14,16H2,(H,29,38)(H,32,33)(H,30,31,34)/t17?,19?,20-/m0/s1. The van der Waals surface area contributed by atoms with Crippen LogP contribution in [0.1, 0.15) is 63.8 Å². The van der Waals surface area contributed by atoms with Gasteiger partial charge in [-0.05, 0) is 50.7 Å². The number of benzene rings is 1. The van der Waals surface area contributed by atoms with Crippen LogP contribution < -0.4 is 16.0 Å². The van der Waals surface area contributed by atoms with Crippen LogP contribution >= 0.6 is 0 Å². The molecule has 0 bridgehead atoms. The van der Waals surface area contributed by atoms with Gasteiger partial charge in [-0.25, -0.2) is 14.4 Å². The number of carbonyl (C=O) groups is 1. The maximum atomic E-state index is 14.5. The van der Waals surface area contributed by atoms with E-state index in [4.69, 9.17) is 15.1 Å². The average Bonchev–Trinajstić information content (AvgIpc) is 3.30. The highest BCUT2D eigenvalue weighted by atomic mass is 19.1. The molecule has 1 atom stereocenters. The summed E-state index contributed by atoms with van der Waals surface area (Å²) >= 11 is 0. The molecule has 2 aliphatic rings. The van der Waals surface area contributed by atoms with Gasteiger partial charge < -0.3 is 26.2 Å². The Balaban J connectivity index is 1.39. The van der Waals surface area contributed by atoms with Crippen LogP contribution in [0.15, 0.2) is 30.5 Å². The van der Waals surface area contributed by atoms with Crippen molar-refractivity contribution in [3.63, 3.8) is 0 Å². The Morgan fingerprint density at radius 3 is 2.58 bits per heavy atom. The van der Waals surface area contributed by atoms with E-state index in [0.717, 1.165) is 12.8 Å². The minimum atomic E-state index is -0.962. The number of nitrogens with zero attached hydrogens (tertiary/aromatic N) is 4. The first-order valence-corrected chi connectivity index (χ1v) is 13.6. The summed E-state index contributed by atoms with van der Waals surface area (Å²) in [5.74, 6) is 0.402. The quantitative estimate of drug-likeness (QED) is 0.286. The first-order chi connectivity index (χ1) is 18.5. The normalized spacial score (nSPS) is 21.2. The van der Waals surface area contributed by atoms with Crippen molar-refractivity contribution in [1.29, 1.82) is 0 Å². The van der Waals surface area contributed by atoms with Crippen molar-refractivity contribution < 1.29 is 19.4 Å². The molecule has 10 nitrogen and oxygen atoms in total. The Morgan fingerprint density at radius 1 is 1.08 bits per heavy atom. The summed E-state index contributed by atoms with van der Waals surface area (Å²) in [5, 5.41) is 27.9. The van der Waals surface area contributed by atoms with Gasteiger partial charge in [0.15, 0.2) is 5.65 Å². The third-order valence-electron chi connectivity index (χ3n) is 7.65. The highest BCUT2D eigenvalue weighted by Gasteiger charge is 2.30. The number of imidazole rings is 1. The number of aliphatic hydroxyl groups excluding tert-OH is 2. The molecule has 2 aliphatic carbocycles. The van der Waals surface area contributed by atoms with Crippen LogP contribution in [0, 0.1) is 11.7 Å². The van der Waals surface area contributed by atoms with E-state index in [9.17, 15) is 14.3 Å². The Bertz CT molecular complexity index is 1240. The molecule has 1 amide bonds. The molecule has 11 heteroatoms. The molecule has 3 aromatic rings. The summed E-state index contributed by atoms with van der Waals surface area (Å²) < 4.78 is 16.5. The summed E-state index contributed by atoms with van der Waals surface area (Å²) in [6.07, 6.45) is 9.35. The fourth-order valence-electron chi connectivity index (χ4n) is 5.53. The number of rotatable bonds is 9. The lowest BCUT2D eigenvalue weighted by Gasteiger charge is -2.30. The van der Waals surface area contributed by atoms with Gasteiger partial charge in [0.05, 0.1) is 24.6 Å². The fraction of sp³-hybridized carbons (Fsp3) is 0.556. The minimum Gasteiger partial charge on any atom is -0.394 e. The maximum absolute atomic E-state index is 14.5. The summed E-state index contributed by atoms with van der Waals surface area (Å²) in [6.45, 7) is -0.357. The molecule has 38 heavy (non-hydrogen) atoms. The monoisotopic (exact) mass is 525 g/mol. The molecule has 5 rings (SSSR count). The Morgan fingerprint density at radius 2 is 1.84 bits per heavy atom. The minimum absolute atomic E-state index is 0.0128. The topological polar surface area (TPSA) is 137 Å². The number of hydrogen-bond donors (Lipinski definition) is 5. The molecule has 0 spiro atoms. The van der Waals surface area contributed by atoms with E-state index in [2.05, 4.69) is 20.9 Å². The number of amides is 1. The molecule has 1 aromatic carbocycles. The second-order valence-corrected chi connectivity index (χ2v) is 10.4. The predicted octanol–water partition coefficient (Wildman–Crippen LogP) is 3.65. The molecule has 0 saturated heterocycles. The molecule has 0 unspecified atom stereocenters. The van der Waals surface area contributed by atoms with E-state index in [0.29, 0.717) is 60.5 Å². The van der Waals surface area contributed by atoms with Crippen molar-refractivity contribution in [2.75, 3.05) is 23.8 Å². The van der Waals surface area contributed by atoms with E-state index < -0.39 is 12.7 Å². The van der Waals surface area contributed by atoms with Crippen LogP contribution in [0.25, 0.3) is 11.2 Å². The highest BCUT2D eigenvalue weighted by Crippen LogP contribution is 2.37. The maximum Gasteiger partial charge on any atom is 0.224 e. The smallest absolute Gasteiger partial charge is 0.224 e. The van der Waals surface area contributed by atoms with Crippen LogP contribution in [0.5, 0.6) is 0 Å². The molecule has 2 fully saturated rings. The number of anilines is 3. The SMILES string of the molecule is O=C(NC[C@H](O)CO)C1CCC(n2c(Nc3ccccc3F)nc3cnc(NC4CCCCC4)nc32)CC1. The molecule has 2 aromatic heterocycles. The Kier molecular flexibility index (Phi) is 8.33. The second-order valence-electron chi connectivity index (χ2n) is 10.4. The lowest BCUT2D eigenvalue weighted by molar-refractivity contribution is -0.126. The first kappa shape index (κ1) is 26.3. The molecular weight excluding hydrogens is 489 g/mol. The average molecular weight is 526 g/mol. The van der Waals surface area contributed by atoms with Gasteiger partial charge in [-0.2, -0.15) is 4.98 Å². The summed E-state index contributed by atoms with van der Waals surface area (Å²) in [5.41, 5.74) is 1.63. The lowest BCUT2D eigenvalue weighted by Crippen LogP contribution is -2.39. The van der Waals surface area contributed by atoms with Crippen molar-refractivity contribution in [2.24, 2.45) is 5.92 Å². The number of hydrogen-bond acceptors (Lipinski definition) is 8. The first-order valence-electron chi connectivity index (χ1n) is 13.6. The van der Waals surface area contributed by atoms with E-state index in [1.54, 1.807) is 24.4 Å². The van der Waals surface area contributed by atoms with Gasteiger partial charge in [0.1, 0.15) is 11.3 Å². The van der Waals surface area contributed by atoms with E-state index in [1.807, 2.05) is 4.57 Å². The zero-order valence-corrected chi connectivity index (χ0v) is 21.4. The second kappa shape index (κ2) is 12.0. The van der Waals surface area contributed by atoms with Crippen LogP contribution in [0.2, 0.25) is 0 Å². The number of fused-ring (bicyclic) bond motifs is 1. The zero-order chi connectivity index (χ0) is 26.5. The van der Waals surface area contributed by atoms with Gasteiger partial charge in [-0.3, -0.25) is 9.36 Å². The molecular formula is C27H36FN7O3. The molecule has 2 saturated carbocycles. The fourth-order valence-corrected chi connectivity index (χ4v) is 5.53. The van der Waals surface area contributed by atoms with Gasteiger partial charge in [0.2, 0.25) is 17.8 Å². The summed E-state index contributed by atoms with van der Waals surface area (Å²) in [4.78, 5) is 26.7. The Labute approximate surface area is 221 Å². The van der Waals surface area contributed by atoms with Crippen LogP contribution in [0.4, 0.5) is 22.0 Å². The number of aromatic nitrogens is 4. The number of para-hydroxylation sites is 1. The molecule has 0 aliphatic heterocycles. The van der Waals surface area contributed by atoms with E-state index in [-0.39, 0.29) is 30.2 Å². The van der Waals surface area contributed by atoms with Gasteiger partial charge in [-0.15, -0.1) is 0 Å². The largest absolute Gasteiger partial charge is 0.394 e. The Hall–Kier alpha value is -3.31. The molecule has 2 heterocycles. The van der Waals surface area contributed by atoms with Crippen molar-refractivity contribution in [3.05, 3.63) is 36.3 Å². The van der Waals surface area contributed by atoms with Crippen molar-refractivity contribution in [3.8, 4) is 0 Å². The number of halogens is 1. The third kappa shape index (κ3) is 6.05. The van der Waals surface area contributed by atoms with Crippen molar-refractivity contribution >= 4 is 34.7 Å². The van der Waals surface area contributed by atoms with Gasteiger partial charge in [0, 0.05) is 24.5 Å². The van der Waals surface area contributed by atoms with E-state index in [1.165, 1.54) is 25.3 Å². The number of carbonyl (C=O) groups excluding carboxylic acids is 1.